The van der Waals surface area contributed by atoms with E-state index in [4.69, 9.17) is 9.47 Å². The number of aryl methyl sites for hydroxylation is 1. The van der Waals surface area contributed by atoms with Crippen LogP contribution in [-0.2, 0) is 24.8 Å². The second-order valence-electron chi connectivity index (χ2n) is 10.3. The van der Waals surface area contributed by atoms with E-state index in [9.17, 15) is 21.6 Å². The molecule has 4 aromatic carbocycles. The maximum Gasteiger partial charge on any atom is 0.264 e. The number of ether oxygens (including phenoxy) is 2. The summed E-state index contributed by atoms with van der Waals surface area (Å²) < 4.78 is 68.6. The van der Waals surface area contributed by atoms with Crippen molar-refractivity contribution in [2.45, 2.75) is 16.7 Å². The number of amides is 1. The summed E-state index contributed by atoms with van der Waals surface area (Å²) in [5.41, 5.74) is 2.15. The van der Waals surface area contributed by atoms with Gasteiger partial charge < -0.3 is 19.7 Å². The highest BCUT2D eigenvalue weighted by molar-refractivity contribution is 7.93. The molecule has 0 saturated carbocycles. The Morgan fingerprint density at radius 2 is 1.56 bits per heavy atom. The minimum atomic E-state index is -4.09. The average Bonchev–Trinajstić information content (AvgIpc) is 3.05. The van der Waals surface area contributed by atoms with Gasteiger partial charge >= 0.3 is 0 Å². The monoisotopic (exact) mass is 650 g/mol. The highest BCUT2D eigenvalue weighted by Crippen LogP contribution is 2.33. The number of rotatable bonds is 10. The first-order valence-corrected chi connectivity index (χ1v) is 17.0. The number of nitrogens with one attached hydrogen (secondary N) is 2. The zero-order valence-corrected chi connectivity index (χ0v) is 26.7. The zero-order chi connectivity index (χ0) is 32.2. The van der Waals surface area contributed by atoms with Crippen LogP contribution >= 0.6 is 0 Å². The number of hydrogen-bond acceptors (Lipinski definition) is 8. The van der Waals surface area contributed by atoms with Gasteiger partial charge in [-0.2, -0.15) is 0 Å². The fraction of sp³-hybridized carbons (Fsp3) is 0.219. The van der Waals surface area contributed by atoms with E-state index in [1.165, 1.54) is 38.4 Å². The molecule has 4 aromatic rings. The van der Waals surface area contributed by atoms with Gasteiger partial charge in [-0.1, -0.05) is 36.4 Å². The molecule has 1 fully saturated rings. The molecular weight excluding hydrogens is 617 g/mol. The van der Waals surface area contributed by atoms with Crippen LogP contribution in [0, 0.1) is 6.92 Å². The summed E-state index contributed by atoms with van der Waals surface area (Å²) in [4.78, 5) is 15.6. The van der Waals surface area contributed by atoms with Gasteiger partial charge in [0.1, 0.15) is 5.75 Å². The summed E-state index contributed by atoms with van der Waals surface area (Å²) >= 11 is 0. The molecule has 0 radical (unpaired) electrons. The number of para-hydroxylation sites is 3. The molecule has 1 heterocycles. The summed E-state index contributed by atoms with van der Waals surface area (Å²) in [5, 5.41) is 2.84. The number of carbonyl (C=O) groups is 1. The Balaban J connectivity index is 1.49. The lowest BCUT2D eigenvalue weighted by atomic mass is 10.1. The van der Waals surface area contributed by atoms with Gasteiger partial charge in [-0.3, -0.25) is 13.8 Å². The number of hydrogen-bond donors (Lipinski definition) is 2. The topological polar surface area (TPSA) is 134 Å². The fourth-order valence-electron chi connectivity index (χ4n) is 4.93. The Morgan fingerprint density at radius 3 is 2.27 bits per heavy atom. The maximum absolute atomic E-state index is 13.7. The predicted molar refractivity (Wildman–Crippen MR) is 174 cm³/mol. The third kappa shape index (κ3) is 6.90. The van der Waals surface area contributed by atoms with E-state index in [-0.39, 0.29) is 26.7 Å². The minimum absolute atomic E-state index is 0.0211. The lowest BCUT2D eigenvalue weighted by Gasteiger charge is -2.31. The Kier molecular flexibility index (Phi) is 9.32. The molecule has 1 saturated heterocycles. The Bertz CT molecular complexity index is 1910. The van der Waals surface area contributed by atoms with Gasteiger partial charge in [0, 0.05) is 25.7 Å². The molecule has 0 atom stereocenters. The van der Waals surface area contributed by atoms with Crippen molar-refractivity contribution < 1.29 is 31.1 Å². The van der Waals surface area contributed by atoms with Crippen molar-refractivity contribution in [3.63, 3.8) is 0 Å². The summed E-state index contributed by atoms with van der Waals surface area (Å²) in [7, 11) is -5.20. The third-order valence-electron chi connectivity index (χ3n) is 7.44. The van der Waals surface area contributed by atoms with Crippen molar-refractivity contribution >= 4 is 48.7 Å². The standard InChI is InChI=1S/C32H34N4O7S2/c1-23-13-14-24(21-31(23)45(40,41)35(2)25-9-5-4-6-10-25)32(37)33-28-22-26(15-16-29(28)36-17-19-43-20-18-36)44(38,39)34-27-11-7-8-12-30(27)42-3/h4-16,21-22,34H,17-20H2,1-3H3,(H,33,37). The highest BCUT2D eigenvalue weighted by Gasteiger charge is 2.26. The summed E-state index contributed by atoms with van der Waals surface area (Å²) in [5.74, 6) is -0.252. The van der Waals surface area contributed by atoms with Crippen molar-refractivity contribution in [2.24, 2.45) is 0 Å². The maximum atomic E-state index is 13.7. The molecule has 13 heteroatoms. The highest BCUT2D eigenvalue weighted by atomic mass is 32.2. The molecule has 0 bridgehead atoms. The Labute approximate surface area is 263 Å². The largest absolute Gasteiger partial charge is 0.495 e. The lowest BCUT2D eigenvalue weighted by Crippen LogP contribution is -2.36. The normalized spacial score (nSPS) is 13.6. The first kappa shape index (κ1) is 31.8. The van der Waals surface area contributed by atoms with E-state index in [0.29, 0.717) is 49.0 Å². The number of sulfonamides is 2. The zero-order valence-electron chi connectivity index (χ0n) is 25.1. The average molecular weight is 651 g/mol. The predicted octanol–water partition coefficient (Wildman–Crippen LogP) is 4.72. The first-order valence-electron chi connectivity index (χ1n) is 14.1. The molecule has 1 amide bonds. The number of benzene rings is 4. The van der Waals surface area contributed by atoms with E-state index < -0.39 is 26.0 Å². The van der Waals surface area contributed by atoms with Gasteiger partial charge in [0.25, 0.3) is 26.0 Å². The molecule has 236 valence electrons. The van der Waals surface area contributed by atoms with Crippen molar-refractivity contribution in [3.8, 4) is 5.75 Å². The summed E-state index contributed by atoms with van der Waals surface area (Å²) in [6, 6.07) is 24.2. The summed E-state index contributed by atoms with van der Waals surface area (Å²) in [6.45, 7) is 3.67. The van der Waals surface area contributed by atoms with Crippen molar-refractivity contribution in [1.82, 2.24) is 0 Å². The molecule has 2 N–H and O–H groups in total. The van der Waals surface area contributed by atoms with Crippen LogP contribution < -0.4 is 24.0 Å². The molecule has 0 aromatic heterocycles. The van der Waals surface area contributed by atoms with Crippen LogP contribution in [-0.4, -0.2) is 63.2 Å². The third-order valence-corrected chi connectivity index (χ3v) is 10.7. The van der Waals surface area contributed by atoms with Gasteiger partial charge in [0.2, 0.25) is 0 Å². The molecule has 1 aliphatic heterocycles. The molecular formula is C32H34N4O7S2. The number of morpholine rings is 1. The van der Waals surface area contributed by atoms with Crippen LogP contribution in [0.3, 0.4) is 0 Å². The smallest absolute Gasteiger partial charge is 0.264 e. The second kappa shape index (κ2) is 13.2. The van der Waals surface area contributed by atoms with Crippen LogP contribution in [0.5, 0.6) is 5.75 Å². The minimum Gasteiger partial charge on any atom is -0.495 e. The van der Waals surface area contributed by atoms with Crippen LogP contribution in [0.15, 0.2) is 101 Å². The van der Waals surface area contributed by atoms with Gasteiger partial charge in [-0.15, -0.1) is 0 Å². The van der Waals surface area contributed by atoms with Crippen molar-refractivity contribution in [1.29, 1.82) is 0 Å². The van der Waals surface area contributed by atoms with Crippen molar-refractivity contribution in [3.05, 3.63) is 102 Å². The van der Waals surface area contributed by atoms with E-state index in [1.807, 2.05) is 4.90 Å². The molecule has 0 unspecified atom stereocenters. The van der Waals surface area contributed by atoms with Gasteiger partial charge in [-0.25, -0.2) is 16.8 Å². The number of carbonyl (C=O) groups excluding carboxylic acids is 1. The van der Waals surface area contributed by atoms with E-state index in [2.05, 4.69) is 10.0 Å². The van der Waals surface area contributed by atoms with E-state index >= 15 is 0 Å². The van der Waals surface area contributed by atoms with Crippen molar-refractivity contribution in [2.75, 3.05) is 59.7 Å². The number of methoxy groups -OCH3 is 1. The first-order chi connectivity index (χ1) is 21.5. The molecule has 0 spiro atoms. The van der Waals surface area contributed by atoms with Crippen LogP contribution in [0.2, 0.25) is 0 Å². The Morgan fingerprint density at radius 1 is 0.867 bits per heavy atom. The SMILES string of the molecule is COc1ccccc1NS(=O)(=O)c1ccc(N2CCOCC2)c(NC(=O)c2ccc(C)c(S(=O)(=O)N(C)c3ccccc3)c2)c1. The van der Waals surface area contributed by atoms with Gasteiger partial charge in [0.15, 0.2) is 0 Å². The van der Waals surface area contributed by atoms with E-state index in [0.717, 1.165) is 4.31 Å². The van der Waals surface area contributed by atoms with Gasteiger partial charge in [-0.05, 0) is 67.1 Å². The molecule has 5 rings (SSSR count). The van der Waals surface area contributed by atoms with Crippen LogP contribution in [0.4, 0.5) is 22.7 Å². The molecule has 1 aliphatic rings. The van der Waals surface area contributed by atoms with Crippen LogP contribution in [0.1, 0.15) is 15.9 Å². The Hall–Kier alpha value is -4.59. The lowest BCUT2D eigenvalue weighted by molar-refractivity contribution is 0.102. The van der Waals surface area contributed by atoms with Gasteiger partial charge in [0.05, 0.1) is 52.9 Å². The molecule has 45 heavy (non-hydrogen) atoms. The second-order valence-corrected chi connectivity index (χ2v) is 13.9. The molecule has 11 nitrogen and oxygen atoms in total. The fourth-order valence-corrected chi connectivity index (χ4v) is 7.47. The van der Waals surface area contributed by atoms with Crippen LogP contribution in [0.25, 0.3) is 0 Å². The quantitative estimate of drug-likeness (QED) is 0.252. The van der Waals surface area contributed by atoms with E-state index in [1.54, 1.807) is 73.7 Å². The number of nitrogens with zero attached hydrogens (tertiary/aromatic N) is 2. The summed E-state index contributed by atoms with van der Waals surface area (Å²) in [6.07, 6.45) is 0. The number of anilines is 4. The molecule has 0 aliphatic carbocycles.